The zero-order valence-electron chi connectivity index (χ0n) is 11.7. The minimum Gasteiger partial charge on any atom is -0.372 e. The van der Waals surface area contributed by atoms with Crippen LogP contribution in [0.2, 0.25) is 0 Å². The number of rotatable bonds is 5. The van der Waals surface area contributed by atoms with Crippen LogP contribution in [0.15, 0.2) is 49.1 Å². The van der Waals surface area contributed by atoms with E-state index in [1.165, 1.54) is 0 Å². The number of nitrogens with one attached hydrogen (secondary N) is 1. The number of hydrogen-bond donors (Lipinski definition) is 2. The molecule has 1 aromatic heterocycles. The van der Waals surface area contributed by atoms with E-state index in [2.05, 4.69) is 10.3 Å². The molecule has 0 bridgehead atoms. The first-order valence-corrected chi connectivity index (χ1v) is 6.51. The van der Waals surface area contributed by atoms with E-state index in [-0.39, 0.29) is 5.91 Å². The summed E-state index contributed by atoms with van der Waals surface area (Å²) in [5, 5.41) is 12.3. The molecule has 0 spiro atoms. The van der Waals surface area contributed by atoms with Gasteiger partial charge in [0.05, 0.1) is 6.33 Å². The molecule has 106 valence electrons. The minimum absolute atomic E-state index is 0.237. The predicted octanol–water partition coefficient (Wildman–Crippen LogP) is 1.51. The monoisotopic (exact) mass is 273 g/mol. The number of benzene rings is 1. The van der Waals surface area contributed by atoms with Crippen LogP contribution in [0.3, 0.4) is 0 Å². The van der Waals surface area contributed by atoms with Gasteiger partial charge in [0.1, 0.15) is 11.8 Å². The fourth-order valence-electron chi connectivity index (χ4n) is 2.01. The van der Waals surface area contributed by atoms with Gasteiger partial charge < -0.3 is 15.0 Å². The molecule has 1 unspecified atom stereocenters. The molecular weight excluding hydrogens is 254 g/mol. The molecule has 20 heavy (non-hydrogen) atoms. The van der Waals surface area contributed by atoms with Crippen molar-refractivity contribution in [3.8, 4) is 0 Å². The van der Waals surface area contributed by atoms with Crippen LogP contribution >= 0.6 is 0 Å². The lowest BCUT2D eigenvalue weighted by Crippen LogP contribution is -2.46. The van der Waals surface area contributed by atoms with Gasteiger partial charge in [-0.25, -0.2) is 4.98 Å². The van der Waals surface area contributed by atoms with Gasteiger partial charge in [-0.1, -0.05) is 30.3 Å². The van der Waals surface area contributed by atoms with Crippen LogP contribution in [0.1, 0.15) is 25.5 Å². The summed E-state index contributed by atoms with van der Waals surface area (Å²) in [6.45, 7) is 3.08. The number of nitrogens with zero attached hydrogens (tertiary/aromatic N) is 2. The predicted molar refractivity (Wildman–Crippen MR) is 75.9 cm³/mol. The lowest BCUT2D eigenvalue weighted by atomic mass is 10.0. The molecule has 0 radical (unpaired) electrons. The van der Waals surface area contributed by atoms with Crippen LogP contribution in [-0.2, 0) is 11.2 Å². The molecule has 0 saturated carbocycles. The molecule has 2 N–H and O–H groups in total. The number of amides is 1. The summed E-state index contributed by atoms with van der Waals surface area (Å²) in [4.78, 5) is 16.3. The highest BCUT2D eigenvalue weighted by atomic mass is 16.3. The lowest BCUT2D eigenvalue weighted by Gasteiger charge is -2.24. The van der Waals surface area contributed by atoms with E-state index in [1.807, 2.05) is 30.3 Å². The SMILES string of the molecule is CC(C)(O)NC(=O)C(Cc1ccccc1)n1ccnc1. The van der Waals surface area contributed by atoms with Crippen molar-refractivity contribution in [2.75, 3.05) is 0 Å². The summed E-state index contributed by atoms with van der Waals surface area (Å²) in [5.41, 5.74) is -0.191. The molecule has 5 nitrogen and oxygen atoms in total. The summed E-state index contributed by atoms with van der Waals surface area (Å²) in [6.07, 6.45) is 5.53. The number of aliphatic hydroxyl groups is 1. The topological polar surface area (TPSA) is 67.2 Å². The second-order valence-electron chi connectivity index (χ2n) is 5.26. The van der Waals surface area contributed by atoms with Gasteiger partial charge in [-0.05, 0) is 19.4 Å². The van der Waals surface area contributed by atoms with Gasteiger partial charge in [-0.15, -0.1) is 0 Å². The van der Waals surface area contributed by atoms with E-state index in [0.29, 0.717) is 6.42 Å². The quantitative estimate of drug-likeness (QED) is 0.811. The maximum absolute atomic E-state index is 12.3. The third-order valence-corrected chi connectivity index (χ3v) is 2.89. The molecule has 5 heteroatoms. The largest absolute Gasteiger partial charge is 0.372 e. The highest BCUT2D eigenvalue weighted by Crippen LogP contribution is 2.15. The van der Waals surface area contributed by atoms with E-state index >= 15 is 0 Å². The zero-order chi connectivity index (χ0) is 14.6. The lowest BCUT2D eigenvalue weighted by molar-refractivity contribution is -0.130. The zero-order valence-corrected chi connectivity index (χ0v) is 11.7. The molecular formula is C15H19N3O2. The van der Waals surface area contributed by atoms with Crippen molar-refractivity contribution in [3.05, 3.63) is 54.6 Å². The van der Waals surface area contributed by atoms with Crippen molar-refractivity contribution in [3.63, 3.8) is 0 Å². The Balaban J connectivity index is 2.20. The van der Waals surface area contributed by atoms with Gasteiger partial charge in [0.15, 0.2) is 0 Å². The highest BCUT2D eigenvalue weighted by molar-refractivity contribution is 5.81. The molecule has 0 aliphatic rings. The second-order valence-corrected chi connectivity index (χ2v) is 5.26. The molecule has 1 atom stereocenters. The number of carbonyl (C=O) groups is 1. The van der Waals surface area contributed by atoms with Crippen molar-refractivity contribution >= 4 is 5.91 Å². The second kappa shape index (κ2) is 5.88. The molecule has 0 aliphatic carbocycles. The highest BCUT2D eigenvalue weighted by Gasteiger charge is 2.25. The third-order valence-electron chi connectivity index (χ3n) is 2.89. The smallest absolute Gasteiger partial charge is 0.245 e. The number of aromatic nitrogens is 2. The first-order valence-electron chi connectivity index (χ1n) is 6.51. The normalized spacial score (nSPS) is 12.9. The molecule has 2 rings (SSSR count). The van der Waals surface area contributed by atoms with Crippen molar-refractivity contribution in [2.24, 2.45) is 0 Å². The molecule has 0 fully saturated rings. The molecule has 0 saturated heterocycles. The Morgan fingerprint density at radius 2 is 2.10 bits per heavy atom. The molecule has 0 aliphatic heterocycles. The summed E-state index contributed by atoms with van der Waals surface area (Å²) in [6, 6.07) is 9.32. The van der Waals surface area contributed by atoms with E-state index in [0.717, 1.165) is 5.56 Å². The summed E-state index contributed by atoms with van der Waals surface area (Å²) >= 11 is 0. The first-order chi connectivity index (χ1) is 9.46. The Kier molecular flexibility index (Phi) is 4.20. The molecule has 1 aromatic carbocycles. The Labute approximate surface area is 118 Å². The average Bonchev–Trinajstić information content (AvgIpc) is 2.88. The standard InChI is InChI=1S/C15H19N3O2/c1-15(2,20)17-14(19)13(18-9-8-16-11-18)10-12-6-4-3-5-7-12/h3-9,11,13,20H,10H2,1-2H3,(H,17,19). The van der Waals surface area contributed by atoms with Crippen LogP contribution in [0, 0.1) is 0 Å². The Morgan fingerprint density at radius 3 is 2.65 bits per heavy atom. The van der Waals surface area contributed by atoms with Crippen LogP contribution in [-0.4, -0.2) is 26.3 Å². The third kappa shape index (κ3) is 3.93. The van der Waals surface area contributed by atoms with Crippen molar-refractivity contribution in [1.82, 2.24) is 14.9 Å². The van der Waals surface area contributed by atoms with Crippen molar-refractivity contribution < 1.29 is 9.90 Å². The first kappa shape index (κ1) is 14.3. The fourth-order valence-corrected chi connectivity index (χ4v) is 2.01. The number of hydrogen-bond acceptors (Lipinski definition) is 3. The van der Waals surface area contributed by atoms with Crippen molar-refractivity contribution in [2.45, 2.75) is 32.0 Å². The summed E-state index contributed by atoms with van der Waals surface area (Å²) in [7, 11) is 0. The van der Waals surface area contributed by atoms with E-state index in [9.17, 15) is 9.90 Å². The van der Waals surface area contributed by atoms with E-state index in [1.54, 1.807) is 37.1 Å². The van der Waals surface area contributed by atoms with E-state index in [4.69, 9.17) is 0 Å². The Hall–Kier alpha value is -2.14. The van der Waals surface area contributed by atoms with Gasteiger partial charge in [0, 0.05) is 18.8 Å². The molecule has 2 aromatic rings. The average molecular weight is 273 g/mol. The Morgan fingerprint density at radius 1 is 1.40 bits per heavy atom. The van der Waals surface area contributed by atoms with Gasteiger partial charge >= 0.3 is 0 Å². The van der Waals surface area contributed by atoms with Gasteiger partial charge in [0.25, 0.3) is 0 Å². The molecule has 1 amide bonds. The summed E-state index contributed by atoms with van der Waals surface area (Å²) < 4.78 is 1.74. The van der Waals surface area contributed by atoms with Crippen LogP contribution in [0.25, 0.3) is 0 Å². The van der Waals surface area contributed by atoms with Gasteiger partial charge in [-0.2, -0.15) is 0 Å². The summed E-state index contributed by atoms with van der Waals surface area (Å²) in [5.74, 6) is -0.237. The van der Waals surface area contributed by atoms with Crippen LogP contribution in [0.5, 0.6) is 0 Å². The van der Waals surface area contributed by atoms with Crippen LogP contribution in [0.4, 0.5) is 0 Å². The minimum atomic E-state index is -1.24. The number of imidazole rings is 1. The Bertz CT molecular complexity index is 544. The maximum Gasteiger partial charge on any atom is 0.245 e. The fraction of sp³-hybridized carbons (Fsp3) is 0.333. The number of carbonyl (C=O) groups excluding carboxylic acids is 1. The van der Waals surface area contributed by atoms with Gasteiger partial charge in [-0.3, -0.25) is 4.79 Å². The van der Waals surface area contributed by atoms with Gasteiger partial charge in [0.2, 0.25) is 5.91 Å². The van der Waals surface area contributed by atoms with Crippen molar-refractivity contribution in [1.29, 1.82) is 0 Å². The molecule has 1 heterocycles. The maximum atomic E-state index is 12.3. The van der Waals surface area contributed by atoms with E-state index < -0.39 is 11.8 Å². The van der Waals surface area contributed by atoms with Crippen LogP contribution < -0.4 is 5.32 Å².